The first-order chi connectivity index (χ1) is 12.1. The van der Waals surface area contributed by atoms with Gasteiger partial charge in [-0.25, -0.2) is 0 Å². The number of nitrogens with zero attached hydrogens (tertiary/aromatic N) is 2. The molecule has 6 nitrogen and oxygen atoms in total. The highest BCUT2D eigenvalue weighted by Gasteiger charge is 2.29. The molecule has 2 heterocycles. The molecule has 0 bridgehead atoms. The summed E-state index contributed by atoms with van der Waals surface area (Å²) in [7, 11) is 1.68. The van der Waals surface area contributed by atoms with E-state index in [-0.39, 0.29) is 18.3 Å². The van der Waals surface area contributed by atoms with Crippen molar-refractivity contribution in [2.45, 2.75) is 13.5 Å². The maximum absolute atomic E-state index is 12.3. The van der Waals surface area contributed by atoms with Crippen LogP contribution in [0.4, 0.5) is 0 Å². The Morgan fingerprint density at radius 1 is 1.35 bits per heavy atom. The average molecular weight is 398 g/mol. The smallest absolute Gasteiger partial charge is 0.276 e. The monoisotopic (exact) mass is 397 g/mol. The van der Waals surface area contributed by atoms with E-state index in [1.165, 1.54) is 0 Å². The summed E-state index contributed by atoms with van der Waals surface area (Å²) in [5.41, 5.74) is 2.55. The summed E-state index contributed by atoms with van der Waals surface area (Å²) in [6.07, 6.45) is 1.84. The Morgan fingerprint density at radius 2 is 2.08 bits per heavy atom. The van der Waals surface area contributed by atoms with Gasteiger partial charge in [0.15, 0.2) is 5.11 Å². The van der Waals surface area contributed by atoms with Crippen LogP contribution in [-0.2, 0) is 16.1 Å². The number of morpholine rings is 1. The molecule has 8 heteroatoms. The fourth-order valence-corrected chi connectivity index (χ4v) is 3.36. The molecule has 1 N–H and O–H groups in total. The van der Waals surface area contributed by atoms with E-state index in [2.05, 4.69) is 16.3 Å². The Balaban J connectivity index is 0.00000243. The molecule has 0 unspecified atom stereocenters. The van der Waals surface area contributed by atoms with Gasteiger partial charge in [-0.15, -0.1) is 12.4 Å². The quantitative estimate of drug-likeness (QED) is 0.606. The number of hydrogen-bond donors (Lipinski definition) is 1. The standard InChI is InChI=1S/C18H23N3O3S.ClH/c1-3-21-17(22)15(19-18(21)25)11-13-4-5-16(23-2)14(10-13)12-20-6-8-24-9-7-20;/h4-5,10-11H,3,6-9,12H2,1-2H3,(H,19,25);1H. The number of likely N-dealkylation sites (N-methyl/N-ethyl adjacent to an activating group) is 1. The molecule has 0 aromatic heterocycles. The van der Waals surface area contributed by atoms with Crippen molar-refractivity contribution in [1.82, 2.24) is 15.1 Å². The Bertz CT molecular complexity index is 705. The summed E-state index contributed by atoms with van der Waals surface area (Å²) in [6.45, 7) is 6.60. The zero-order valence-corrected chi connectivity index (χ0v) is 16.6. The molecule has 3 rings (SSSR count). The number of halogens is 1. The Labute approximate surface area is 165 Å². The van der Waals surface area contributed by atoms with Crippen LogP contribution in [0.1, 0.15) is 18.1 Å². The van der Waals surface area contributed by atoms with Gasteiger partial charge in [0.05, 0.1) is 20.3 Å². The second-order valence-electron chi connectivity index (χ2n) is 6.00. The number of hydrogen-bond acceptors (Lipinski definition) is 5. The van der Waals surface area contributed by atoms with Crippen LogP contribution in [0.15, 0.2) is 23.9 Å². The van der Waals surface area contributed by atoms with Crippen molar-refractivity contribution in [2.75, 3.05) is 40.0 Å². The number of methoxy groups -OCH3 is 1. The number of amides is 1. The molecule has 2 aliphatic heterocycles. The van der Waals surface area contributed by atoms with Gasteiger partial charge in [0.1, 0.15) is 11.4 Å². The lowest BCUT2D eigenvalue weighted by atomic mass is 10.1. The van der Waals surface area contributed by atoms with Gasteiger partial charge in [0.2, 0.25) is 0 Å². The first kappa shape index (κ1) is 20.6. The van der Waals surface area contributed by atoms with Gasteiger partial charge in [-0.1, -0.05) is 6.07 Å². The van der Waals surface area contributed by atoms with Crippen molar-refractivity contribution in [3.05, 3.63) is 35.0 Å². The van der Waals surface area contributed by atoms with Gasteiger partial charge in [0, 0.05) is 31.7 Å². The molecule has 2 aliphatic rings. The molecule has 0 saturated carbocycles. The summed E-state index contributed by atoms with van der Waals surface area (Å²) >= 11 is 5.20. The predicted octanol–water partition coefficient (Wildman–Crippen LogP) is 2.03. The van der Waals surface area contributed by atoms with Crippen LogP contribution in [0.2, 0.25) is 0 Å². The topological polar surface area (TPSA) is 54.0 Å². The second-order valence-corrected chi connectivity index (χ2v) is 6.38. The van der Waals surface area contributed by atoms with Crippen molar-refractivity contribution in [3.8, 4) is 5.75 Å². The van der Waals surface area contributed by atoms with E-state index in [1.54, 1.807) is 12.0 Å². The van der Waals surface area contributed by atoms with Gasteiger partial charge >= 0.3 is 0 Å². The molecule has 2 fully saturated rings. The van der Waals surface area contributed by atoms with Gasteiger partial charge in [-0.2, -0.15) is 0 Å². The van der Waals surface area contributed by atoms with Gasteiger partial charge in [0.25, 0.3) is 5.91 Å². The number of ether oxygens (including phenoxy) is 2. The SMILES string of the molecule is CCN1C(=O)C(=Cc2ccc(OC)c(CN3CCOCC3)c2)NC1=S.Cl. The molecule has 0 atom stereocenters. The molecular formula is C18H24ClN3O3S. The van der Waals surface area contributed by atoms with Gasteiger partial charge in [-0.3, -0.25) is 14.6 Å². The van der Waals surface area contributed by atoms with E-state index in [0.717, 1.165) is 49.7 Å². The van der Waals surface area contributed by atoms with Crippen LogP contribution >= 0.6 is 24.6 Å². The number of carbonyl (C=O) groups excluding carboxylic acids is 1. The van der Waals surface area contributed by atoms with Crippen molar-refractivity contribution in [2.24, 2.45) is 0 Å². The molecule has 1 aromatic rings. The van der Waals surface area contributed by atoms with E-state index >= 15 is 0 Å². The van der Waals surface area contributed by atoms with E-state index in [9.17, 15) is 4.79 Å². The third-order valence-corrected chi connectivity index (χ3v) is 4.71. The number of rotatable bonds is 5. The molecule has 0 aliphatic carbocycles. The summed E-state index contributed by atoms with van der Waals surface area (Å²) in [5, 5.41) is 3.45. The zero-order chi connectivity index (χ0) is 17.8. The minimum atomic E-state index is -0.0851. The highest BCUT2D eigenvalue weighted by Crippen LogP contribution is 2.24. The predicted molar refractivity (Wildman–Crippen MR) is 107 cm³/mol. The highest BCUT2D eigenvalue weighted by molar-refractivity contribution is 7.80. The lowest BCUT2D eigenvalue weighted by molar-refractivity contribution is -0.122. The molecule has 1 amide bonds. The molecule has 2 saturated heterocycles. The summed E-state index contributed by atoms with van der Waals surface area (Å²) in [4.78, 5) is 16.2. The second kappa shape index (κ2) is 9.32. The number of benzene rings is 1. The van der Waals surface area contributed by atoms with E-state index in [1.807, 2.05) is 25.1 Å². The molecule has 26 heavy (non-hydrogen) atoms. The minimum absolute atomic E-state index is 0. The van der Waals surface area contributed by atoms with Crippen molar-refractivity contribution in [3.63, 3.8) is 0 Å². The third-order valence-electron chi connectivity index (χ3n) is 4.39. The van der Waals surface area contributed by atoms with E-state index in [0.29, 0.717) is 17.4 Å². The molecule has 1 aromatic carbocycles. The zero-order valence-electron chi connectivity index (χ0n) is 15.0. The summed E-state index contributed by atoms with van der Waals surface area (Å²) < 4.78 is 10.9. The fraction of sp³-hybridized carbons (Fsp3) is 0.444. The maximum atomic E-state index is 12.3. The van der Waals surface area contributed by atoms with Gasteiger partial charge < -0.3 is 14.8 Å². The van der Waals surface area contributed by atoms with Crippen LogP contribution in [0.3, 0.4) is 0 Å². The third kappa shape index (κ3) is 4.54. The van der Waals surface area contributed by atoms with E-state index < -0.39 is 0 Å². The van der Waals surface area contributed by atoms with Crippen LogP contribution in [0.5, 0.6) is 5.75 Å². The average Bonchev–Trinajstić information content (AvgIpc) is 2.89. The van der Waals surface area contributed by atoms with Crippen molar-refractivity contribution < 1.29 is 14.3 Å². The van der Waals surface area contributed by atoms with Crippen LogP contribution in [-0.4, -0.2) is 60.8 Å². The lowest BCUT2D eigenvalue weighted by Crippen LogP contribution is -2.35. The lowest BCUT2D eigenvalue weighted by Gasteiger charge is -2.27. The van der Waals surface area contributed by atoms with Crippen LogP contribution < -0.4 is 10.1 Å². The Kier molecular flexibility index (Phi) is 7.40. The normalized spacial score (nSPS) is 19.5. The largest absolute Gasteiger partial charge is 0.496 e. The Morgan fingerprint density at radius 3 is 2.69 bits per heavy atom. The van der Waals surface area contributed by atoms with Crippen LogP contribution in [0, 0.1) is 0 Å². The summed E-state index contributed by atoms with van der Waals surface area (Å²) in [5.74, 6) is 0.767. The van der Waals surface area contributed by atoms with Crippen molar-refractivity contribution in [1.29, 1.82) is 0 Å². The molecular weight excluding hydrogens is 374 g/mol. The first-order valence-corrected chi connectivity index (χ1v) is 8.84. The molecule has 0 spiro atoms. The summed E-state index contributed by atoms with van der Waals surface area (Å²) in [6, 6.07) is 5.95. The Hall–Kier alpha value is -1.67. The number of nitrogens with one attached hydrogen (secondary N) is 1. The van der Waals surface area contributed by atoms with Crippen LogP contribution in [0.25, 0.3) is 6.08 Å². The van der Waals surface area contributed by atoms with Gasteiger partial charge in [-0.05, 0) is 42.9 Å². The van der Waals surface area contributed by atoms with Crippen molar-refractivity contribution >= 4 is 41.7 Å². The minimum Gasteiger partial charge on any atom is -0.496 e. The molecule has 0 radical (unpaired) electrons. The number of thiocarbonyl (C=S) groups is 1. The molecule has 142 valence electrons. The highest BCUT2D eigenvalue weighted by atomic mass is 35.5. The first-order valence-electron chi connectivity index (χ1n) is 8.44. The maximum Gasteiger partial charge on any atom is 0.276 e. The fourth-order valence-electron chi connectivity index (χ4n) is 3.04. The van der Waals surface area contributed by atoms with E-state index in [4.69, 9.17) is 21.7 Å². The number of carbonyl (C=O) groups is 1.